The lowest BCUT2D eigenvalue weighted by Gasteiger charge is -2.17. The summed E-state index contributed by atoms with van der Waals surface area (Å²) in [7, 11) is 0. The molecule has 0 atom stereocenters. The van der Waals surface area contributed by atoms with Gasteiger partial charge in [-0.2, -0.15) is 5.26 Å². The highest BCUT2D eigenvalue weighted by molar-refractivity contribution is 9.10. The standard InChI is InChI=1S/C21H20BrClN2O3/c1-4-27-19-10-14(9-18(22)20(19)28-13(2)3)8-15(12-24)21(26)25-17-7-5-6-16(23)11-17/h5-11,13H,4H2,1-3H3,(H,25,26)/b15-8+. The van der Waals surface area contributed by atoms with Crippen molar-refractivity contribution in [1.82, 2.24) is 0 Å². The van der Waals surface area contributed by atoms with Crippen molar-refractivity contribution < 1.29 is 14.3 Å². The Bertz CT molecular complexity index is 936. The van der Waals surface area contributed by atoms with Gasteiger partial charge in [-0.25, -0.2) is 0 Å². The van der Waals surface area contributed by atoms with Crippen molar-refractivity contribution in [1.29, 1.82) is 5.26 Å². The maximum atomic E-state index is 12.5. The van der Waals surface area contributed by atoms with Gasteiger partial charge in [-0.1, -0.05) is 17.7 Å². The predicted octanol–water partition coefficient (Wildman–Crippen LogP) is 5.83. The molecule has 5 nitrogen and oxygen atoms in total. The normalized spacial score (nSPS) is 11.1. The van der Waals surface area contributed by atoms with Gasteiger partial charge in [0, 0.05) is 10.7 Å². The van der Waals surface area contributed by atoms with Crippen molar-refractivity contribution in [3.05, 3.63) is 57.0 Å². The van der Waals surface area contributed by atoms with Crippen LogP contribution in [0.5, 0.6) is 11.5 Å². The van der Waals surface area contributed by atoms with Crippen LogP contribution in [0.1, 0.15) is 26.3 Å². The molecule has 0 aliphatic heterocycles. The molecule has 1 amide bonds. The number of benzene rings is 2. The number of hydrogen-bond donors (Lipinski definition) is 1. The smallest absolute Gasteiger partial charge is 0.266 e. The number of rotatable bonds is 7. The third-order valence-corrected chi connectivity index (χ3v) is 4.27. The fraction of sp³-hybridized carbons (Fsp3) is 0.238. The summed E-state index contributed by atoms with van der Waals surface area (Å²) in [4.78, 5) is 12.5. The second-order valence-corrected chi connectivity index (χ2v) is 7.35. The van der Waals surface area contributed by atoms with Gasteiger partial charge in [0.25, 0.3) is 5.91 Å². The van der Waals surface area contributed by atoms with E-state index in [1.165, 1.54) is 6.08 Å². The van der Waals surface area contributed by atoms with Crippen LogP contribution in [0.3, 0.4) is 0 Å². The molecule has 0 fully saturated rings. The Kier molecular flexibility index (Phi) is 7.91. The van der Waals surface area contributed by atoms with Crippen LogP contribution in [-0.4, -0.2) is 18.6 Å². The van der Waals surface area contributed by atoms with E-state index in [1.54, 1.807) is 36.4 Å². The Morgan fingerprint density at radius 1 is 1.36 bits per heavy atom. The van der Waals surface area contributed by atoms with Gasteiger partial charge < -0.3 is 14.8 Å². The van der Waals surface area contributed by atoms with E-state index in [2.05, 4.69) is 21.2 Å². The van der Waals surface area contributed by atoms with E-state index < -0.39 is 5.91 Å². The summed E-state index contributed by atoms with van der Waals surface area (Å²) in [6.45, 7) is 6.16. The van der Waals surface area contributed by atoms with Crippen molar-refractivity contribution in [2.75, 3.05) is 11.9 Å². The molecule has 0 spiro atoms. The summed E-state index contributed by atoms with van der Waals surface area (Å²) in [5.41, 5.74) is 1.09. The first kappa shape index (κ1) is 21.8. The number of anilines is 1. The van der Waals surface area contributed by atoms with E-state index in [-0.39, 0.29) is 11.7 Å². The number of halogens is 2. The average molecular weight is 464 g/mol. The van der Waals surface area contributed by atoms with Gasteiger partial charge in [-0.05, 0) is 78.7 Å². The number of nitrogens with one attached hydrogen (secondary N) is 1. The number of ether oxygens (including phenoxy) is 2. The SMILES string of the molecule is CCOc1cc(/C=C(\C#N)C(=O)Nc2cccc(Cl)c2)cc(Br)c1OC(C)C. The van der Waals surface area contributed by atoms with Crippen LogP contribution in [0.2, 0.25) is 5.02 Å². The van der Waals surface area contributed by atoms with Crippen molar-refractivity contribution in [2.45, 2.75) is 26.9 Å². The van der Waals surface area contributed by atoms with Gasteiger partial charge in [0.1, 0.15) is 11.6 Å². The monoisotopic (exact) mass is 462 g/mol. The van der Waals surface area contributed by atoms with Gasteiger partial charge in [-0.3, -0.25) is 4.79 Å². The van der Waals surface area contributed by atoms with Crippen molar-refractivity contribution in [3.63, 3.8) is 0 Å². The van der Waals surface area contributed by atoms with Gasteiger partial charge >= 0.3 is 0 Å². The largest absolute Gasteiger partial charge is 0.490 e. The molecule has 0 aliphatic rings. The molecule has 0 saturated heterocycles. The predicted molar refractivity (Wildman–Crippen MR) is 115 cm³/mol. The molecule has 0 aliphatic carbocycles. The van der Waals surface area contributed by atoms with Gasteiger partial charge in [0.15, 0.2) is 11.5 Å². The zero-order chi connectivity index (χ0) is 20.7. The zero-order valence-electron chi connectivity index (χ0n) is 15.8. The number of hydrogen-bond acceptors (Lipinski definition) is 4. The topological polar surface area (TPSA) is 71.3 Å². The van der Waals surface area contributed by atoms with Crippen LogP contribution < -0.4 is 14.8 Å². The quantitative estimate of drug-likeness (QED) is 0.414. The summed E-state index contributed by atoms with van der Waals surface area (Å²) < 4.78 is 12.1. The first-order valence-corrected chi connectivity index (χ1v) is 9.82. The van der Waals surface area contributed by atoms with Gasteiger partial charge in [0.2, 0.25) is 0 Å². The molecule has 0 heterocycles. The Hall–Kier alpha value is -2.49. The Labute approximate surface area is 178 Å². The highest BCUT2D eigenvalue weighted by atomic mass is 79.9. The molecule has 146 valence electrons. The lowest BCUT2D eigenvalue weighted by molar-refractivity contribution is -0.112. The molecule has 28 heavy (non-hydrogen) atoms. The Morgan fingerprint density at radius 3 is 2.71 bits per heavy atom. The highest BCUT2D eigenvalue weighted by Crippen LogP contribution is 2.38. The maximum absolute atomic E-state index is 12.5. The van der Waals surface area contributed by atoms with Crippen LogP contribution in [0.4, 0.5) is 5.69 Å². The molecule has 1 N–H and O–H groups in total. The molecule has 0 unspecified atom stereocenters. The number of amides is 1. The van der Waals surface area contributed by atoms with Crippen LogP contribution >= 0.6 is 27.5 Å². The summed E-state index contributed by atoms with van der Waals surface area (Å²) in [6.07, 6.45) is 1.46. The molecule has 0 aromatic heterocycles. The lowest BCUT2D eigenvalue weighted by atomic mass is 10.1. The molecular weight excluding hydrogens is 444 g/mol. The molecule has 0 saturated carbocycles. The fourth-order valence-corrected chi connectivity index (χ4v) is 3.11. The number of nitriles is 1. The summed E-state index contributed by atoms with van der Waals surface area (Å²) >= 11 is 9.40. The summed E-state index contributed by atoms with van der Waals surface area (Å²) in [6, 6.07) is 12.1. The van der Waals surface area contributed by atoms with Gasteiger partial charge in [0.05, 0.1) is 17.2 Å². The fourth-order valence-electron chi connectivity index (χ4n) is 2.36. The molecule has 2 rings (SSSR count). The van der Waals surface area contributed by atoms with E-state index >= 15 is 0 Å². The molecular formula is C21H20BrClN2O3. The van der Waals surface area contributed by atoms with E-state index in [1.807, 2.05) is 26.8 Å². The third-order valence-electron chi connectivity index (χ3n) is 3.44. The number of carbonyl (C=O) groups is 1. The van der Waals surface area contributed by atoms with E-state index in [0.717, 1.165) is 0 Å². The van der Waals surface area contributed by atoms with Crippen molar-refractivity contribution in [3.8, 4) is 17.6 Å². The maximum Gasteiger partial charge on any atom is 0.266 e. The summed E-state index contributed by atoms with van der Waals surface area (Å²) in [5, 5.41) is 12.6. The van der Waals surface area contributed by atoms with Crippen LogP contribution in [0.15, 0.2) is 46.4 Å². The van der Waals surface area contributed by atoms with Crippen LogP contribution in [-0.2, 0) is 4.79 Å². The first-order chi connectivity index (χ1) is 13.3. The van der Waals surface area contributed by atoms with E-state index in [9.17, 15) is 10.1 Å². The van der Waals surface area contributed by atoms with E-state index in [4.69, 9.17) is 21.1 Å². The van der Waals surface area contributed by atoms with Crippen molar-refractivity contribution >= 4 is 45.2 Å². The highest BCUT2D eigenvalue weighted by Gasteiger charge is 2.15. The second-order valence-electron chi connectivity index (χ2n) is 6.06. The Balaban J connectivity index is 2.34. The summed E-state index contributed by atoms with van der Waals surface area (Å²) in [5.74, 6) is 0.585. The number of nitrogens with zero attached hydrogens (tertiary/aromatic N) is 1. The third kappa shape index (κ3) is 6.01. The first-order valence-electron chi connectivity index (χ1n) is 8.65. The zero-order valence-corrected chi connectivity index (χ0v) is 18.1. The minimum absolute atomic E-state index is 0.0324. The molecule has 2 aromatic carbocycles. The number of carbonyl (C=O) groups excluding carboxylic acids is 1. The average Bonchev–Trinajstić information content (AvgIpc) is 2.62. The minimum atomic E-state index is -0.527. The Morgan fingerprint density at radius 2 is 2.11 bits per heavy atom. The lowest BCUT2D eigenvalue weighted by Crippen LogP contribution is -2.13. The molecule has 0 radical (unpaired) electrons. The molecule has 0 bridgehead atoms. The van der Waals surface area contributed by atoms with Crippen LogP contribution in [0, 0.1) is 11.3 Å². The van der Waals surface area contributed by atoms with Crippen LogP contribution in [0.25, 0.3) is 6.08 Å². The molecule has 7 heteroatoms. The molecule has 2 aromatic rings. The van der Waals surface area contributed by atoms with E-state index in [0.29, 0.717) is 38.9 Å². The minimum Gasteiger partial charge on any atom is -0.490 e. The van der Waals surface area contributed by atoms with Gasteiger partial charge in [-0.15, -0.1) is 0 Å². The second kappa shape index (κ2) is 10.2. The van der Waals surface area contributed by atoms with Crippen molar-refractivity contribution in [2.24, 2.45) is 0 Å².